The second-order valence-corrected chi connectivity index (χ2v) is 8.27. The van der Waals surface area contributed by atoms with Gasteiger partial charge in [-0.15, -0.1) is 0 Å². The number of likely N-dealkylation sites (tertiary alicyclic amines) is 2. The summed E-state index contributed by atoms with van der Waals surface area (Å²) >= 11 is 0. The number of carbonyl (C=O) groups excluding carboxylic acids is 1. The smallest absolute Gasteiger partial charge is 0.222 e. The molecule has 1 N–H and O–H groups in total. The van der Waals surface area contributed by atoms with Crippen LogP contribution in [0.2, 0.25) is 0 Å². The number of hydrogen-bond acceptors (Lipinski definition) is 4. The molecule has 2 fully saturated rings. The zero-order valence-corrected chi connectivity index (χ0v) is 16.2. The van der Waals surface area contributed by atoms with E-state index in [0.29, 0.717) is 6.42 Å². The molecule has 2 aromatic rings. The maximum atomic E-state index is 12.5. The summed E-state index contributed by atoms with van der Waals surface area (Å²) in [7, 11) is 0. The van der Waals surface area contributed by atoms with Crippen LogP contribution in [0, 0.1) is 16.7 Å². The van der Waals surface area contributed by atoms with Crippen LogP contribution in [0.4, 0.5) is 0 Å². The average Bonchev–Trinajstić information content (AvgIpc) is 3.23. The van der Waals surface area contributed by atoms with Gasteiger partial charge in [0.05, 0.1) is 18.0 Å². The Morgan fingerprint density at radius 1 is 1.29 bits per heavy atom. The third-order valence-electron chi connectivity index (χ3n) is 6.16. The van der Waals surface area contributed by atoms with Crippen molar-refractivity contribution < 1.29 is 4.79 Å². The van der Waals surface area contributed by atoms with E-state index in [1.54, 1.807) is 6.33 Å². The molecule has 0 aliphatic carbocycles. The Morgan fingerprint density at radius 3 is 3.04 bits per heavy atom. The van der Waals surface area contributed by atoms with Crippen LogP contribution in [0.1, 0.15) is 42.5 Å². The number of H-pyrrole nitrogens is 1. The molecule has 1 spiro atoms. The largest absolute Gasteiger partial charge is 0.348 e. The lowest BCUT2D eigenvalue weighted by Crippen LogP contribution is -2.54. The summed E-state index contributed by atoms with van der Waals surface area (Å²) in [6.07, 6.45) is 8.35. The lowest BCUT2D eigenvalue weighted by Gasteiger charge is -2.48. The molecule has 1 amide bonds. The fraction of sp³-hybridized carbons (Fsp3) is 0.500. The molecule has 3 heterocycles. The monoisotopic (exact) mass is 377 g/mol. The van der Waals surface area contributed by atoms with Gasteiger partial charge < -0.3 is 9.88 Å². The van der Waals surface area contributed by atoms with E-state index in [4.69, 9.17) is 5.26 Å². The van der Waals surface area contributed by atoms with E-state index in [1.165, 1.54) is 18.4 Å². The molecule has 0 radical (unpaired) electrons. The van der Waals surface area contributed by atoms with Crippen molar-refractivity contribution in [3.8, 4) is 6.07 Å². The van der Waals surface area contributed by atoms with Gasteiger partial charge in [0, 0.05) is 56.3 Å². The fourth-order valence-electron chi connectivity index (χ4n) is 4.76. The molecule has 1 aromatic heterocycles. The molecule has 1 atom stereocenters. The van der Waals surface area contributed by atoms with Gasteiger partial charge in [-0.05, 0) is 43.5 Å². The molecule has 6 heteroatoms. The summed E-state index contributed by atoms with van der Waals surface area (Å²) in [5, 5.41) is 9.13. The first-order valence-electron chi connectivity index (χ1n) is 10.1. The van der Waals surface area contributed by atoms with Gasteiger partial charge in [-0.25, -0.2) is 4.98 Å². The van der Waals surface area contributed by atoms with E-state index in [9.17, 15) is 4.79 Å². The van der Waals surface area contributed by atoms with Crippen LogP contribution in [0.25, 0.3) is 0 Å². The molecule has 2 saturated heterocycles. The highest BCUT2D eigenvalue weighted by molar-refractivity contribution is 5.77. The average molecular weight is 377 g/mol. The number of nitrogens with one attached hydrogen (secondary N) is 1. The number of hydrogen-bond donors (Lipinski definition) is 1. The van der Waals surface area contributed by atoms with Gasteiger partial charge in [0.2, 0.25) is 5.91 Å². The molecule has 0 unspecified atom stereocenters. The third-order valence-corrected chi connectivity index (χ3v) is 6.16. The molecule has 1 aromatic carbocycles. The number of nitrogens with zero attached hydrogens (tertiary/aromatic N) is 4. The fourth-order valence-corrected chi connectivity index (χ4v) is 4.76. The number of nitriles is 1. The summed E-state index contributed by atoms with van der Waals surface area (Å²) in [4.78, 5) is 24.2. The first-order chi connectivity index (χ1) is 13.7. The number of carbonyl (C=O) groups is 1. The van der Waals surface area contributed by atoms with E-state index < -0.39 is 0 Å². The van der Waals surface area contributed by atoms with E-state index in [-0.39, 0.29) is 11.3 Å². The number of aromatic nitrogens is 2. The Kier molecular flexibility index (Phi) is 5.45. The van der Waals surface area contributed by atoms with Gasteiger partial charge in [0.1, 0.15) is 0 Å². The topological polar surface area (TPSA) is 76.0 Å². The number of rotatable bonds is 5. The summed E-state index contributed by atoms with van der Waals surface area (Å²) in [6.45, 7) is 4.60. The van der Waals surface area contributed by atoms with Crippen molar-refractivity contribution >= 4 is 5.91 Å². The molecule has 0 saturated carbocycles. The SMILES string of the molecule is N#Cc1cccc(CN2CCC[C@]3(CCC(=O)N(CCc4cnc[nH]4)C3)C2)c1. The van der Waals surface area contributed by atoms with E-state index in [0.717, 1.165) is 56.8 Å². The molecular formula is C22H27N5O. The van der Waals surface area contributed by atoms with Gasteiger partial charge in [-0.3, -0.25) is 9.69 Å². The van der Waals surface area contributed by atoms with Gasteiger partial charge >= 0.3 is 0 Å². The van der Waals surface area contributed by atoms with Crippen LogP contribution in [0.3, 0.4) is 0 Å². The summed E-state index contributed by atoms with van der Waals surface area (Å²) in [5.41, 5.74) is 3.19. The Bertz CT molecular complexity index is 856. The third kappa shape index (κ3) is 4.26. The van der Waals surface area contributed by atoms with Gasteiger partial charge in [-0.2, -0.15) is 5.26 Å². The zero-order valence-electron chi connectivity index (χ0n) is 16.2. The first-order valence-corrected chi connectivity index (χ1v) is 10.1. The lowest BCUT2D eigenvalue weighted by molar-refractivity contribution is -0.139. The molecule has 2 aliphatic rings. The second kappa shape index (κ2) is 8.15. The predicted molar refractivity (Wildman–Crippen MR) is 106 cm³/mol. The van der Waals surface area contributed by atoms with Crippen molar-refractivity contribution in [1.82, 2.24) is 19.8 Å². The maximum Gasteiger partial charge on any atom is 0.222 e. The highest BCUT2D eigenvalue weighted by Gasteiger charge is 2.41. The van der Waals surface area contributed by atoms with E-state index in [2.05, 4.69) is 31.9 Å². The number of benzene rings is 1. The van der Waals surface area contributed by atoms with Gasteiger partial charge in [-0.1, -0.05) is 12.1 Å². The highest BCUT2D eigenvalue weighted by atomic mass is 16.2. The van der Waals surface area contributed by atoms with E-state index in [1.807, 2.05) is 24.4 Å². The quantitative estimate of drug-likeness (QED) is 0.869. The van der Waals surface area contributed by atoms with Gasteiger partial charge in [0.15, 0.2) is 0 Å². The molecule has 4 rings (SSSR count). The number of aromatic amines is 1. The van der Waals surface area contributed by atoms with Crippen LogP contribution in [-0.2, 0) is 17.8 Å². The molecule has 0 bridgehead atoms. The van der Waals surface area contributed by atoms with Crippen molar-refractivity contribution in [3.05, 3.63) is 53.6 Å². The minimum atomic E-state index is 0.201. The summed E-state index contributed by atoms with van der Waals surface area (Å²) in [5.74, 6) is 0.281. The highest BCUT2D eigenvalue weighted by Crippen LogP contribution is 2.39. The Morgan fingerprint density at radius 2 is 2.21 bits per heavy atom. The van der Waals surface area contributed by atoms with Crippen molar-refractivity contribution in [2.24, 2.45) is 5.41 Å². The second-order valence-electron chi connectivity index (χ2n) is 8.27. The van der Waals surface area contributed by atoms with Crippen LogP contribution >= 0.6 is 0 Å². The minimum absolute atomic E-state index is 0.201. The Labute approximate surface area is 166 Å². The number of piperidine rings is 2. The molecule has 146 valence electrons. The molecule has 28 heavy (non-hydrogen) atoms. The van der Waals surface area contributed by atoms with E-state index >= 15 is 0 Å². The molecular weight excluding hydrogens is 350 g/mol. The van der Waals surface area contributed by atoms with Crippen LogP contribution in [-0.4, -0.2) is 51.9 Å². The van der Waals surface area contributed by atoms with Crippen LogP contribution in [0.15, 0.2) is 36.8 Å². The molecule has 6 nitrogen and oxygen atoms in total. The lowest BCUT2D eigenvalue weighted by atomic mass is 9.73. The Balaban J connectivity index is 1.40. The first kappa shape index (κ1) is 18.7. The summed E-state index contributed by atoms with van der Waals surface area (Å²) < 4.78 is 0. The number of imidazole rings is 1. The van der Waals surface area contributed by atoms with Gasteiger partial charge in [0.25, 0.3) is 0 Å². The Hall–Kier alpha value is -2.65. The summed E-state index contributed by atoms with van der Waals surface area (Å²) in [6, 6.07) is 10.1. The van der Waals surface area contributed by atoms with Crippen molar-refractivity contribution in [3.63, 3.8) is 0 Å². The van der Waals surface area contributed by atoms with Crippen molar-refractivity contribution in [2.75, 3.05) is 26.2 Å². The van der Waals surface area contributed by atoms with Crippen LogP contribution < -0.4 is 0 Å². The van der Waals surface area contributed by atoms with Crippen LogP contribution in [0.5, 0.6) is 0 Å². The van der Waals surface area contributed by atoms with Crippen molar-refractivity contribution in [2.45, 2.75) is 38.6 Å². The predicted octanol–water partition coefficient (Wildman–Crippen LogP) is 2.73. The minimum Gasteiger partial charge on any atom is -0.348 e. The standard InChI is InChI=1S/C22H27N5O/c23-12-18-3-1-4-19(11-18)14-26-9-2-7-22(15-26)8-5-21(28)27(16-22)10-6-20-13-24-17-25-20/h1,3-4,11,13,17H,2,5-10,14-16H2,(H,24,25)/t22-/m0/s1. The zero-order chi connectivity index (χ0) is 19.4. The normalized spacial score (nSPS) is 23.1. The van der Waals surface area contributed by atoms with Crippen molar-refractivity contribution in [1.29, 1.82) is 5.26 Å². The molecule has 2 aliphatic heterocycles. The maximum absolute atomic E-state index is 12.5. The number of amides is 1.